The van der Waals surface area contributed by atoms with Crippen molar-refractivity contribution in [3.05, 3.63) is 54.0 Å². The maximum absolute atomic E-state index is 12.3. The quantitative estimate of drug-likeness (QED) is 0.273. The highest BCUT2D eigenvalue weighted by molar-refractivity contribution is 5.97. The van der Waals surface area contributed by atoms with Gasteiger partial charge < -0.3 is 31.3 Å². The highest BCUT2D eigenvalue weighted by Crippen LogP contribution is 2.18. The zero-order valence-electron chi connectivity index (χ0n) is 15.9. The molecular weight excluding hydrogens is 378 g/mol. The third-order valence-corrected chi connectivity index (χ3v) is 3.67. The first kappa shape index (κ1) is 21.5. The first-order valence-corrected chi connectivity index (χ1v) is 8.85. The average Bonchev–Trinajstić information content (AvgIpc) is 3.20. The van der Waals surface area contributed by atoms with Gasteiger partial charge in [0.1, 0.15) is 5.76 Å². The number of nitrogens with one attached hydrogen (secondary N) is 2. The standard InChI is InChI=1S/C19H23N5O5/c1-2-28-17(26)10-14(15-7-4-8-29-15)24-16(25)11-22-18(27)12-5-3-6-13(9-12)23-19(20)21/h3-9,14H,2,10-11H2,1H3,(H,22,27)(H,24,25)(H4,20,21,23). The van der Waals surface area contributed by atoms with Crippen LogP contribution >= 0.6 is 0 Å². The van der Waals surface area contributed by atoms with E-state index >= 15 is 0 Å². The number of benzene rings is 1. The molecule has 0 radical (unpaired) electrons. The normalized spacial score (nSPS) is 11.2. The van der Waals surface area contributed by atoms with Gasteiger partial charge in [-0.3, -0.25) is 14.4 Å². The Morgan fingerprint density at radius 1 is 1.21 bits per heavy atom. The number of carbonyl (C=O) groups is 3. The van der Waals surface area contributed by atoms with E-state index in [1.54, 1.807) is 37.3 Å². The van der Waals surface area contributed by atoms with E-state index in [1.807, 2.05) is 0 Å². The van der Waals surface area contributed by atoms with Crippen LogP contribution in [0.4, 0.5) is 5.69 Å². The largest absolute Gasteiger partial charge is 0.467 e. The molecule has 0 aliphatic rings. The Bertz CT molecular complexity index is 875. The van der Waals surface area contributed by atoms with Crippen LogP contribution in [0, 0.1) is 0 Å². The topological polar surface area (TPSA) is 162 Å². The number of rotatable bonds is 9. The molecule has 1 aromatic carbocycles. The Morgan fingerprint density at radius 2 is 2.00 bits per heavy atom. The second kappa shape index (κ2) is 10.5. The van der Waals surface area contributed by atoms with Crippen molar-refractivity contribution in [2.24, 2.45) is 16.5 Å². The van der Waals surface area contributed by atoms with Crippen molar-refractivity contribution >= 4 is 29.4 Å². The Kier molecular flexibility index (Phi) is 7.78. The summed E-state index contributed by atoms with van der Waals surface area (Å²) < 4.78 is 10.2. The maximum atomic E-state index is 12.3. The van der Waals surface area contributed by atoms with Crippen LogP contribution in [-0.4, -0.2) is 36.9 Å². The van der Waals surface area contributed by atoms with Crippen LogP contribution in [0.5, 0.6) is 0 Å². The highest BCUT2D eigenvalue weighted by Gasteiger charge is 2.22. The number of aliphatic imine (C=N–C) groups is 1. The van der Waals surface area contributed by atoms with Gasteiger partial charge in [0.05, 0.1) is 37.6 Å². The first-order valence-electron chi connectivity index (χ1n) is 8.85. The Labute approximate surface area is 167 Å². The predicted molar refractivity (Wildman–Crippen MR) is 105 cm³/mol. The van der Waals surface area contributed by atoms with E-state index in [0.29, 0.717) is 11.4 Å². The molecule has 0 aliphatic heterocycles. The molecule has 6 N–H and O–H groups in total. The number of amides is 2. The van der Waals surface area contributed by atoms with Crippen molar-refractivity contribution in [3.63, 3.8) is 0 Å². The molecule has 0 fully saturated rings. The first-order chi connectivity index (χ1) is 13.9. The van der Waals surface area contributed by atoms with Crippen LogP contribution in [0.15, 0.2) is 52.1 Å². The van der Waals surface area contributed by atoms with Crippen LogP contribution in [0.25, 0.3) is 0 Å². The fraction of sp³-hybridized carbons (Fsp3) is 0.263. The molecule has 0 saturated carbocycles. The van der Waals surface area contributed by atoms with E-state index in [0.717, 1.165) is 0 Å². The molecule has 0 bridgehead atoms. The molecule has 2 aromatic rings. The summed E-state index contributed by atoms with van der Waals surface area (Å²) in [7, 11) is 0. The van der Waals surface area contributed by atoms with Crippen molar-refractivity contribution in [1.82, 2.24) is 10.6 Å². The van der Waals surface area contributed by atoms with Crippen molar-refractivity contribution in [2.75, 3.05) is 13.2 Å². The van der Waals surface area contributed by atoms with Gasteiger partial charge in [-0.15, -0.1) is 0 Å². The summed E-state index contributed by atoms with van der Waals surface area (Å²) >= 11 is 0. The van der Waals surface area contributed by atoms with Gasteiger partial charge in [0.15, 0.2) is 5.96 Å². The van der Waals surface area contributed by atoms with E-state index in [1.165, 1.54) is 12.3 Å². The number of hydrogen-bond donors (Lipinski definition) is 4. The molecule has 29 heavy (non-hydrogen) atoms. The number of nitrogens with zero attached hydrogens (tertiary/aromatic N) is 1. The molecule has 0 saturated heterocycles. The number of ether oxygens (including phenoxy) is 1. The molecular formula is C19H23N5O5. The van der Waals surface area contributed by atoms with E-state index in [4.69, 9.17) is 20.6 Å². The Morgan fingerprint density at radius 3 is 2.66 bits per heavy atom. The smallest absolute Gasteiger partial charge is 0.308 e. The van der Waals surface area contributed by atoms with Gasteiger partial charge in [0.2, 0.25) is 5.91 Å². The molecule has 2 rings (SSSR count). The zero-order valence-corrected chi connectivity index (χ0v) is 15.9. The Balaban J connectivity index is 1.95. The van der Waals surface area contributed by atoms with Crippen molar-refractivity contribution in [2.45, 2.75) is 19.4 Å². The third-order valence-electron chi connectivity index (χ3n) is 3.67. The molecule has 10 heteroatoms. The lowest BCUT2D eigenvalue weighted by molar-refractivity contribution is -0.144. The molecule has 1 heterocycles. The number of carbonyl (C=O) groups excluding carboxylic acids is 3. The van der Waals surface area contributed by atoms with Crippen LogP contribution < -0.4 is 22.1 Å². The van der Waals surface area contributed by atoms with E-state index in [9.17, 15) is 14.4 Å². The molecule has 1 atom stereocenters. The third kappa shape index (κ3) is 7.01. The summed E-state index contributed by atoms with van der Waals surface area (Å²) in [5.74, 6) is -1.18. The molecule has 2 amide bonds. The van der Waals surface area contributed by atoms with Gasteiger partial charge in [0.25, 0.3) is 5.91 Å². The summed E-state index contributed by atoms with van der Waals surface area (Å²) in [6.07, 6.45) is 1.34. The van der Waals surface area contributed by atoms with Crippen LogP contribution in [0.3, 0.4) is 0 Å². The minimum absolute atomic E-state index is 0.0956. The number of esters is 1. The minimum atomic E-state index is -0.710. The number of nitrogens with two attached hydrogens (primary N) is 2. The molecule has 1 aromatic heterocycles. The maximum Gasteiger partial charge on any atom is 0.308 e. The van der Waals surface area contributed by atoms with Gasteiger partial charge >= 0.3 is 5.97 Å². The van der Waals surface area contributed by atoms with E-state index in [2.05, 4.69) is 15.6 Å². The fourth-order valence-corrected chi connectivity index (χ4v) is 2.47. The lowest BCUT2D eigenvalue weighted by Gasteiger charge is -2.16. The average molecular weight is 401 g/mol. The molecule has 0 aliphatic carbocycles. The lowest BCUT2D eigenvalue weighted by atomic mass is 10.1. The summed E-state index contributed by atoms with van der Waals surface area (Å²) in [6, 6.07) is 8.86. The van der Waals surface area contributed by atoms with Crippen molar-refractivity contribution in [1.29, 1.82) is 0 Å². The summed E-state index contributed by atoms with van der Waals surface area (Å²) in [5, 5.41) is 5.15. The SMILES string of the molecule is CCOC(=O)CC(NC(=O)CNC(=O)c1cccc(N=C(N)N)c1)c1ccco1. The van der Waals surface area contributed by atoms with Crippen LogP contribution in [0.1, 0.15) is 35.5 Å². The summed E-state index contributed by atoms with van der Waals surface area (Å²) in [6.45, 7) is 1.62. The van der Waals surface area contributed by atoms with Crippen LogP contribution in [-0.2, 0) is 14.3 Å². The van der Waals surface area contributed by atoms with Crippen molar-refractivity contribution in [3.8, 4) is 0 Å². The minimum Gasteiger partial charge on any atom is -0.467 e. The van der Waals surface area contributed by atoms with Gasteiger partial charge in [-0.05, 0) is 37.3 Å². The number of guanidine groups is 1. The van der Waals surface area contributed by atoms with Gasteiger partial charge in [-0.25, -0.2) is 4.99 Å². The number of furan rings is 1. The van der Waals surface area contributed by atoms with Crippen molar-refractivity contribution < 1.29 is 23.5 Å². The Hall–Kier alpha value is -3.82. The van der Waals surface area contributed by atoms with Gasteiger partial charge in [-0.2, -0.15) is 0 Å². The summed E-state index contributed by atoms with van der Waals surface area (Å²) in [5.41, 5.74) is 11.3. The molecule has 1 unspecified atom stereocenters. The van der Waals surface area contributed by atoms with E-state index < -0.39 is 23.8 Å². The second-order valence-corrected chi connectivity index (χ2v) is 5.91. The molecule has 154 valence electrons. The zero-order chi connectivity index (χ0) is 21.2. The van der Waals surface area contributed by atoms with Gasteiger partial charge in [-0.1, -0.05) is 6.07 Å². The monoisotopic (exact) mass is 401 g/mol. The van der Waals surface area contributed by atoms with E-state index in [-0.39, 0.29) is 31.1 Å². The fourth-order valence-electron chi connectivity index (χ4n) is 2.47. The van der Waals surface area contributed by atoms with Crippen LogP contribution in [0.2, 0.25) is 0 Å². The predicted octanol–water partition coefficient (Wildman–Crippen LogP) is 0.725. The highest BCUT2D eigenvalue weighted by atomic mass is 16.5. The molecule has 10 nitrogen and oxygen atoms in total. The number of hydrogen-bond acceptors (Lipinski definition) is 6. The molecule has 0 spiro atoms. The van der Waals surface area contributed by atoms with Gasteiger partial charge in [0, 0.05) is 5.56 Å². The summed E-state index contributed by atoms with van der Waals surface area (Å²) in [4.78, 5) is 40.2. The lowest BCUT2D eigenvalue weighted by Crippen LogP contribution is -2.39. The second-order valence-electron chi connectivity index (χ2n) is 5.91.